The van der Waals surface area contributed by atoms with Crippen molar-refractivity contribution >= 4 is 5.69 Å². The maximum Gasteiger partial charge on any atom is 0.0359 e. The largest absolute Gasteiger partial charge is 0.398 e. The molecule has 0 spiro atoms. The van der Waals surface area contributed by atoms with E-state index in [2.05, 4.69) is 31.3 Å². The lowest BCUT2D eigenvalue weighted by molar-refractivity contribution is 0.240. The fourth-order valence-electron chi connectivity index (χ4n) is 2.21. The number of nitrogens with two attached hydrogens (primary N) is 1. The van der Waals surface area contributed by atoms with Gasteiger partial charge < -0.3 is 11.1 Å². The molecule has 2 heteroatoms. The highest BCUT2D eigenvalue weighted by Crippen LogP contribution is 2.26. The van der Waals surface area contributed by atoms with E-state index in [0.29, 0.717) is 6.04 Å². The first-order valence-corrected chi connectivity index (χ1v) is 5.73. The first kappa shape index (κ1) is 10.5. The molecule has 1 aliphatic carbocycles. The zero-order chi connectivity index (χ0) is 10.8. The Hall–Kier alpha value is -1.02. The highest BCUT2D eigenvalue weighted by atomic mass is 14.9. The Balaban J connectivity index is 1.90. The molecule has 1 aromatic rings. The minimum Gasteiger partial charge on any atom is -0.398 e. The Morgan fingerprint density at radius 2 is 2.13 bits per heavy atom. The summed E-state index contributed by atoms with van der Waals surface area (Å²) in [5, 5.41) is 3.55. The van der Waals surface area contributed by atoms with Crippen LogP contribution in [0.1, 0.15) is 30.9 Å². The second-order valence-corrected chi connectivity index (χ2v) is 4.86. The van der Waals surface area contributed by atoms with Crippen molar-refractivity contribution in [1.82, 2.24) is 5.32 Å². The molecule has 0 bridgehead atoms. The van der Waals surface area contributed by atoms with Gasteiger partial charge in [-0.3, -0.25) is 0 Å². The van der Waals surface area contributed by atoms with E-state index >= 15 is 0 Å². The summed E-state index contributed by atoms with van der Waals surface area (Å²) in [7, 11) is 0. The van der Waals surface area contributed by atoms with Gasteiger partial charge in [-0.1, -0.05) is 24.6 Å². The van der Waals surface area contributed by atoms with E-state index in [4.69, 9.17) is 5.73 Å². The van der Waals surface area contributed by atoms with Gasteiger partial charge in [0.2, 0.25) is 0 Å². The van der Waals surface area contributed by atoms with Crippen molar-refractivity contribution in [3.63, 3.8) is 0 Å². The van der Waals surface area contributed by atoms with Gasteiger partial charge in [0.15, 0.2) is 0 Å². The number of hydrogen-bond acceptors (Lipinski definition) is 2. The molecule has 0 atom stereocenters. The molecular formula is C13H20N2. The first-order valence-electron chi connectivity index (χ1n) is 5.73. The second-order valence-electron chi connectivity index (χ2n) is 4.86. The Kier molecular flexibility index (Phi) is 2.96. The summed E-state index contributed by atoms with van der Waals surface area (Å²) in [6.45, 7) is 5.32. The lowest BCUT2D eigenvalue weighted by Gasteiger charge is -2.33. The third kappa shape index (κ3) is 2.51. The first-order chi connectivity index (χ1) is 7.15. The van der Waals surface area contributed by atoms with Gasteiger partial charge in [0.25, 0.3) is 0 Å². The van der Waals surface area contributed by atoms with E-state index in [9.17, 15) is 0 Å². The molecule has 0 aliphatic heterocycles. The van der Waals surface area contributed by atoms with Crippen molar-refractivity contribution in [1.29, 1.82) is 0 Å². The quantitative estimate of drug-likeness (QED) is 0.742. The molecule has 0 saturated heterocycles. The number of anilines is 1. The molecule has 1 saturated carbocycles. The molecule has 0 radical (unpaired) electrons. The molecule has 0 unspecified atom stereocenters. The number of aryl methyl sites for hydroxylation is 1. The van der Waals surface area contributed by atoms with E-state index < -0.39 is 0 Å². The van der Waals surface area contributed by atoms with Crippen molar-refractivity contribution in [2.45, 2.75) is 39.3 Å². The third-order valence-corrected chi connectivity index (χ3v) is 3.25. The molecule has 1 aliphatic rings. The third-order valence-electron chi connectivity index (χ3n) is 3.25. The van der Waals surface area contributed by atoms with Crippen molar-refractivity contribution in [2.24, 2.45) is 5.92 Å². The van der Waals surface area contributed by atoms with Gasteiger partial charge in [0.1, 0.15) is 0 Å². The molecule has 1 fully saturated rings. The highest BCUT2D eigenvalue weighted by molar-refractivity contribution is 5.48. The van der Waals surface area contributed by atoms with Gasteiger partial charge in [0, 0.05) is 18.3 Å². The van der Waals surface area contributed by atoms with Crippen LogP contribution in [0.4, 0.5) is 5.69 Å². The molecule has 0 aromatic heterocycles. The van der Waals surface area contributed by atoms with Crippen LogP contribution in [0.25, 0.3) is 0 Å². The molecule has 0 heterocycles. The topological polar surface area (TPSA) is 38.0 Å². The lowest BCUT2D eigenvalue weighted by atomic mass is 9.82. The summed E-state index contributed by atoms with van der Waals surface area (Å²) in [5.74, 6) is 0.900. The number of nitrogens with one attached hydrogen (secondary N) is 1. The fraction of sp³-hybridized carbons (Fsp3) is 0.538. The Morgan fingerprint density at radius 3 is 2.80 bits per heavy atom. The number of nitrogen functional groups attached to an aromatic ring is 1. The maximum absolute atomic E-state index is 5.92. The van der Waals surface area contributed by atoms with Crippen LogP contribution >= 0.6 is 0 Å². The average Bonchev–Trinajstić information content (AvgIpc) is 2.16. The monoisotopic (exact) mass is 204 g/mol. The minimum absolute atomic E-state index is 0.708. The van der Waals surface area contributed by atoms with Crippen molar-refractivity contribution < 1.29 is 0 Å². The predicted molar refractivity (Wildman–Crippen MR) is 64.6 cm³/mol. The molecule has 3 N–H and O–H groups in total. The van der Waals surface area contributed by atoms with E-state index in [1.807, 2.05) is 6.07 Å². The van der Waals surface area contributed by atoms with Crippen LogP contribution in [0.15, 0.2) is 18.2 Å². The predicted octanol–water partition coefficient (Wildman–Crippen LogP) is 2.47. The van der Waals surface area contributed by atoms with E-state index in [1.54, 1.807) is 0 Å². The van der Waals surface area contributed by atoms with Gasteiger partial charge in [-0.25, -0.2) is 0 Å². The molecule has 15 heavy (non-hydrogen) atoms. The standard InChI is InChI=1S/C13H20N2/c1-9-3-4-13(14)11(5-9)8-15-12-6-10(2)7-12/h3-5,10,12,15H,6-8,14H2,1-2H3. The molecule has 82 valence electrons. The van der Waals surface area contributed by atoms with Gasteiger partial charge in [0.05, 0.1) is 0 Å². The fourth-order valence-corrected chi connectivity index (χ4v) is 2.21. The summed E-state index contributed by atoms with van der Waals surface area (Å²) >= 11 is 0. The molecule has 2 rings (SSSR count). The summed E-state index contributed by atoms with van der Waals surface area (Å²) in [5.41, 5.74) is 9.34. The van der Waals surface area contributed by atoms with Gasteiger partial charge in [-0.2, -0.15) is 0 Å². The van der Waals surface area contributed by atoms with Crippen molar-refractivity contribution in [3.05, 3.63) is 29.3 Å². The smallest absolute Gasteiger partial charge is 0.0359 e. The van der Waals surface area contributed by atoms with Crippen LogP contribution in [-0.4, -0.2) is 6.04 Å². The van der Waals surface area contributed by atoms with Crippen LogP contribution in [0, 0.1) is 12.8 Å². The normalized spacial score (nSPS) is 24.9. The summed E-state index contributed by atoms with van der Waals surface area (Å²) < 4.78 is 0. The average molecular weight is 204 g/mol. The van der Waals surface area contributed by atoms with Gasteiger partial charge in [-0.05, 0) is 37.3 Å². The van der Waals surface area contributed by atoms with Gasteiger partial charge in [-0.15, -0.1) is 0 Å². The minimum atomic E-state index is 0.708. The Labute approximate surface area is 91.9 Å². The Bertz CT molecular complexity index is 340. The summed E-state index contributed by atoms with van der Waals surface area (Å²) in [6, 6.07) is 6.93. The van der Waals surface area contributed by atoms with E-state index in [-0.39, 0.29) is 0 Å². The molecule has 0 amide bonds. The maximum atomic E-state index is 5.92. The summed E-state index contributed by atoms with van der Waals surface area (Å²) in [6.07, 6.45) is 2.62. The molecule has 2 nitrogen and oxygen atoms in total. The van der Waals surface area contributed by atoms with Crippen LogP contribution in [0.3, 0.4) is 0 Å². The van der Waals surface area contributed by atoms with Crippen LogP contribution in [-0.2, 0) is 6.54 Å². The van der Waals surface area contributed by atoms with Crippen LogP contribution in [0.2, 0.25) is 0 Å². The van der Waals surface area contributed by atoms with Gasteiger partial charge >= 0.3 is 0 Å². The number of benzene rings is 1. The van der Waals surface area contributed by atoms with Crippen LogP contribution < -0.4 is 11.1 Å². The molecule has 1 aromatic carbocycles. The van der Waals surface area contributed by atoms with E-state index in [1.165, 1.54) is 24.0 Å². The molecular weight excluding hydrogens is 184 g/mol. The highest BCUT2D eigenvalue weighted by Gasteiger charge is 2.24. The van der Waals surface area contributed by atoms with Crippen LogP contribution in [0.5, 0.6) is 0 Å². The zero-order valence-corrected chi connectivity index (χ0v) is 9.59. The van der Waals surface area contributed by atoms with Crippen molar-refractivity contribution in [2.75, 3.05) is 5.73 Å². The Morgan fingerprint density at radius 1 is 1.40 bits per heavy atom. The zero-order valence-electron chi connectivity index (χ0n) is 9.59. The number of rotatable bonds is 3. The lowest BCUT2D eigenvalue weighted by Crippen LogP contribution is -2.39. The number of hydrogen-bond donors (Lipinski definition) is 2. The van der Waals surface area contributed by atoms with Crippen molar-refractivity contribution in [3.8, 4) is 0 Å². The van der Waals surface area contributed by atoms with E-state index in [0.717, 1.165) is 18.2 Å². The second kappa shape index (κ2) is 4.23. The summed E-state index contributed by atoms with van der Waals surface area (Å²) in [4.78, 5) is 0. The SMILES string of the molecule is Cc1ccc(N)c(CNC2CC(C)C2)c1.